The molecule has 3 N–H and O–H groups in total. The Morgan fingerprint density at radius 2 is 1.96 bits per heavy atom. The lowest BCUT2D eigenvalue weighted by Gasteiger charge is -2.38. The first-order chi connectivity index (χ1) is 10.6. The van der Waals surface area contributed by atoms with E-state index in [2.05, 4.69) is 29.5 Å². The highest BCUT2D eigenvalue weighted by atomic mass is 16.2. The molecule has 4 atom stereocenters. The second kappa shape index (κ2) is 7.47. The molecule has 132 valence electrons. The van der Waals surface area contributed by atoms with Gasteiger partial charge in [-0.15, -0.1) is 6.58 Å². The normalized spacial score (nSPS) is 30.8. The average Bonchev–Trinajstić information content (AvgIpc) is 2.63. The van der Waals surface area contributed by atoms with Crippen molar-refractivity contribution in [2.75, 3.05) is 13.6 Å². The van der Waals surface area contributed by atoms with Crippen LogP contribution in [0.3, 0.4) is 0 Å². The Kier molecular flexibility index (Phi) is 6.40. The first-order valence-corrected chi connectivity index (χ1v) is 8.44. The summed E-state index contributed by atoms with van der Waals surface area (Å²) in [4.78, 5) is 25.0. The van der Waals surface area contributed by atoms with Gasteiger partial charge in [-0.1, -0.05) is 13.0 Å². The van der Waals surface area contributed by atoms with Crippen LogP contribution in [0.5, 0.6) is 0 Å². The fraction of sp³-hybridized carbons (Fsp3) is 0.778. The van der Waals surface area contributed by atoms with Gasteiger partial charge in [-0.2, -0.15) is 0 Å². The van der Waals surface area contributed by atoms with Crippen LogP contribution in [0.4, 0.5) is 0 Å². The van der Waals surface area contributed by atoms with Crippen molar-refractivity contribution in [2.45, 2.75) is 58.5 Å². The number of hydrogen-bond donors (Lipinski definition) is 3. The summed E-state index contributed by atoms with van der Waals surface area (Å²) in [5.74, 6) is 0.437. The summed E-state index contributed by atoms with van der Waals surface area (Å²) in [6.07, 6.45) is 3.21. The molecule has 0 aliphatic heterocycles. The van der Waals surface area contributed by atoms with E-state index in [1.807, 2.05) is 33.9 Å². The monoisotopic (exact) mass is 323 g/mol. The molecule has 1 fully saturated rings. The van der Waals surface area contributed by atoms with Crippen molar-refractivity contribution >= 4 is 11.8 Å². The van der Waals surface area contributed by atoms with Crippen LogP contribution in [0.2, 0.25) is 0 Å². The fourth-order valence-electron chi connectivity index (χ4n) is 3.94. The van der Waals surface area contributed by atoms with Gasteiger partial charge >= 0.3 is 0 Å². The second-order valence-corrected chi connectivity index (χ2v) is 7.89. The van der Waals surface area contributed by atoms with Gasteiger partial charge in [0.05, 0.1) is 0 Å². The molecule has 0 aromatic rings. The number of amides is 2. The average molecular weight is 323 g/mol. The molecule has 0 aromatic carbocycles. The van der Waals surface area contributed by atoms with Crippen LogP contribution >= 0.6 is 0 Å². The highest BCUT2D eigenvalue weighted by Gasteiger charge is 2.56. The van der Waals surface area contributed by atoms with Crippen molar-refractivity contribution in [3.63, 3.8) is 0 Å². The molecule has 2 amide bonds. The summed E-state index contributed by atoms with van der Waals surface area (Å²) in [6.45, 7) is 14.2. The lowest BCUT2D eigenvalue weighted by molar-refractivity contribution is -0.136. The van der Waals surface area contributed by atoms with Gasteiger partial charge in [-0.25, -0.2) is 0 Å². The van der Waals surface area contributed by atoms with Gasteiger partial charge in [0.15, 0.2) is 0 Å². The summed E-state index contributed by atoms with van der Waals surface area (Å²) < 4.78 is 0. The third-order valence-corrected chi connectivity index (χ3v) is 4.68. The van der Waals surface area contributed by atoms with E-state index in [9.17, 15) is 9.59 Å². The molecule has 1 rings (SSSR count). The molecule has 0 spiro atoms. The topological polar surface area (TPSA) is 70.2 Å². The Labute approximate surface area is 140 Å². The van der Waals surface area contributed by atoms with Crippen LogP contribution in [-0.2, 0) is 9.59 Å². The van der Waals surface area contributed by atoms with Gasteiger partial charge in [0, 0.05) is 12.5 Å². The summed E-state index contributed by atoms with van der Waals surface area (Å²) in [5.41, 5.74) is -1.21. The minimum Gasteiger partial charge on any atom is -0.349 e. The molecule has 23 heavy (non-hydrogen) atoms. The zero-order valence-electron chi connectivity index (χ0n) is 15.5. The lowest BCUT2D eigenvalue weighted by Crippen LogP contribution is -2.63. The summed E-state index contributed by atoms with van der Waals surface area (Å²) in [7, 11) is 1.92. The van der Waals surface area contributed by atoms with E-state index in [4.69, 9.17) is 0 Å². The highest BCUT2D eigenvalue weighted by molar-refractivity contribution is 5.92. The van der Waals surface area contributed by atoms with E-state index in [-0.39, 0.29) is 23.3 Å². The van der Waals surface area contributed by atoms with E-state index in [0.29, 0.717) is 24.7 Å². The van der Waals surface area contributed by atoms with Crippen LogP contribution in [0.25, 0.3) is 0 Å². The fourth-order valence-corrected chi connectivity index (χ4v) is 3.94. The predicted molar refractivity (Wildman–Crippen MR) is 93.9 cm³/mol. The molecule has 0 saturated heterocycles. The van der Waals surface area contributed by atoms with Gasteiger partial charge in [-0.3, -0.25) is 9.59 Å². The Bertz CT molecular complexity index is 456. The molecule has 0 radical (unpaired) electrons. The molecule has 5 nitrogen and oxygen atoms in total. The van der Waals surface area contributed by atoms with E-state index in [1.165, 1.54) is 6.92 Å². The molecule has 1 aliphatic carbocycles. The quantitative estimate of drug-likeness (QED) is 0.653. The minimum absolute atomic E-state index is 0.0358. The number of rotatable bonds is 6. The van der Waals surface area contributed by atoms with Crippen LogP contribution in [0.15, 0.2) is 12.7 Å². The van der Waals surface area contributed by atoms with Gasteiger partial charge in [0.25, 0.3) is 0 Å². The van der Waals surface area contributed by atoms with Crippen molar-refractivity contribution in [1.82, 2.24) is 16.0 Å². The van der Waals surface area contributed by atoms with E-state index >= 15 is 0 Å². The van der Waals surface area contributed by atoms with Crippen molar-refractivity contribution in [2.24, 2.45) is 17.8 Å². The zero-order chi connectivity index (χ0) is 17.8. The van der Waals surface area contributed by atoms with Gasteiger partial charge < -0.3 is 16.0 Å². The lowest BCUT2D eigenvalue weighted by atomic mass is 9.78. The van der Waals surface area contributed by atoms with Crippen LogP contribution in [0.1, 0.15) is 47.5 Å². The Morgan fingerprint density at radius 1 is 1.35 bits per heavy atom. The largest absolute Gasteiger partial charge is 0.349 e. The standard InChI is InChI=1S/C18H33N3O2/c1-8-9-15-14(11-19-7)12(2)10-18(15,20-13(3)22)16(23)21-17(4,5)6/h8,12,14-15,19H,1,9-11H2,2-7H3,(H,20,22)(H,21,23)/t12-,14-,15?,18?/m1/s1. The van der Waals surface area contributed by atoms with Crippen molar-refractivity contribution in [3.8, 4) is 0 Å². The van der Waals surface area contributed by atoms with Crippen LogP contribution in [0, 0.1) is 17.8 Å². The number of hydrogen-bond acceptors (Lipinski definition) is 3. The van der Waals surface area contributed by atoms with E-state index in [0.717, 1.165) is 6.54 Å². The predicted octanol–water partition coefficient (Wildman–Crippen LogP) is 1.84. The van der Waals surface area contributed by atoms with E-state index < -0.39 is 5.54 Å². The third kappa shape index (κ3) is 4.56. The number of allylic oxidation sites excluding steroid dienone is 1. The van der Waals surface area contributed by atoms with Crippen molar-refractivity contribution in [3.05, 3.63) is 12.7 Å². The van der Waals surface area contributed by atoms with Crippen molar-refractivity contribution in [1.29, 1.82) is 0 Å². The zero-order valence-corrected chi connectivity index (χ0v) is 15.5. The molecule has 1 aliphatic rings. The molecular weight excluding hydrogens is 290 g/mol. The molecule has 5 heteroatoms. The minimum atomic E-state index is -0.867. The van der Waals surface area contributed by atoms with Crippen LogP contribution < -0.4 is 16.0 Å². The molecular formula is C18H33N3O2. The molecule has 0 heterocycles. The molecule has 2 unspecified atom stereocenters. The maximum Gasteiger partial charge on any atom is 0.246 e. The SMILES string of the molecule is C=CCC1[C@H](CNC)[C@H](C)CC1(NC(C)=O)C(=O)NC(C)(C)C. The van der Waals surface area contributed by atoms with Gasteiger partial charge in [0.1, 0.15) is 5.54 Å². The van der Waals surface area contributed by atoms with Crippen molar-refractivity contribution < 1.29 is 9.59 Å². The first kappa shape index (κ1) is 19.7. The molecule has 0 aromatic heterocycles. The molecule has 1 saturated carbocycles. The summed E-state index contributed by atoms with van der Waals surface area (Å²) >= 11 is 0. The van der Waals surface area contributed by atoms with E-state index in [1.54, 1.807) is 0 Å². The van der Waals surface area contributed by atoms with Gasteiger partial charge in [0.2, 0.25) is 11.8 Å². The maximum absolute atomic E-state index is 13.1. The third-order valence-electron chi connectivity index (χ3n) is 4.68. The summed E-state index contributed by atoms with van der Waals surface area (Å²) in [5, 5.41) is 9.30. The first-order valence-electron chi connectivity index (χ1n) is 8.44. The van der Waals surface area contributed by atoms with Gasteiger partial charge in [-0.05, 0) is 65.0 Å². The number of nitrogens with one attached hydrogen (secondary N) is 3. The maximum atomic E-state index is 13.1. The molecule has 0 bridgehead atoms. The Hall–Kier alpha value is -1.36. The smallest absolute Gasteiger partial charge is 0.246 e. The number of carbonyl (C=O) groups excluding carboxylic acids is 2. The Morgan fingerprint density at radius 3 is 2.39 bits per heavy atom. The van der Waals surface area contributed by atoms with Crippen LogP contribution in [-0.4, -0.2) is 36.5 Å². The second-order valence-electron chi connectivity index (χ2n) is 7.89. The summed E-state index contributed by atoms with van der Waals surface area (Å²) in [6, 6.07) is 0. The number of carbonyl (C=O) groups is 2. The Balaban J connectivity index is 3.27. The highest BCUT2D eigenvalue weighted by Crippen LogP contribution is 2.46.